The molecule has 1 aromatic carbocycles. The van der Waals surface area contributed by atoms with Crippen molar-refractivity contribution in [3.8, 4) is 0 Å². The first kappa shape index (κ1) is 19.8. The van der Waals surface area contributed by atoms with E-state index in [1.165, 1.54) is 0 Å². The van der Waals surface area contributed by atoms with E-state index < -0.39 is 0 Å². The molecule has 0 bridgehead atoms. The molecule has 1 aromatic heterocycles. The second-order valence-corrected chi connectivity index (χ2v) is 7.79. The summed E-state index contributed by atoms with van der Waals surface area (Å²) in [5.41, 5.74) is 1.47. The Bertz CT molecular complexity index is 896. The minimum Gasteiger partial charge on any atom is -0.383 e. The van der Waals surface area contributed by atoms with Crippen molar-refractivity contribution in [3.05, 3.63) is 30.0 Å². The number of rotatable bonds is 5. The van der Waals surface area contributed by atoms with Gasteiger partial charge >= 0.3 is 0 Å². The normalized spacial score (nSPS) is 21.2. The Morgan fingerprint density at radius 2 is 2.00 bits per heavy atom. The van der Waals surface area contributed by atoms with E-state index in [0.29, 0.717) is 38.5 Å². The first-order chi connectivity index (χ1) is 14.1. The number of fused-ring (bicyclic) bond motifs is 1. The quantitative estimate of drug-likeness (QED) is 0.749. The largest absolute Gasteiger partial charge is 0.383 e. The molecule has 2 aliphatic heterocycles. The summed E-state index contributed by atoms with van der Waals surface area (Å²) in [6, 6.07) is 7.75. The summed E-state index contributed by atoms with van der Waals surface area (Å²) in [7, 11) is 3.52. The predicted octanol–water partition coefficient (Wildman–Crippen LogP) is 0.969. The molecule has 0 N–H and O–H groups in total. The van der Waals surface area contributed by atoms with Crippen LogP contribution in [-0.4, -0.2) is 95.3 Å². The summed E-state index contributed by atoms with van der Waals surface area (Å²) in [6.07, 6.45) is 1.71. The average Bonchev–Trinajstić information content (AvgIpc) is 3.15. The van der Waals surface area contributed by atoms with E-state index in [1.54, 1.807) is 11.8 Å². The number of hydrogen-bond acceptors (Lipinski definition) is 5. The van der Waals surface area contributed by atoms with Crippen molar-refractivity contribution >= 4 is 22.7 Å². The van der Waals surface area contributed by atoms with Crippen LogP contribution >= 0.6 is 0 Å². The minimum atomic E-state index is -0.0717. The molecule has 0 aliphatic carbocycles. The maximum Gasteiger partial charge on any atom is 0.275 e. The molecule has 2 fully saturated rings. The number of ether oxygens (including phenoxy) is 1. The lowest BCUT2D eigenvalue weighted by atomic mass is 10.2. The Kier molecular flexibility index (Phi) is 5.82. The summed E-state index contributed by atoms with van der Waals surface area (Å²) in [5, 5.41) is 5.37. The van der Waals surface area contributed by atoms with Gasteiger partial charge in [0.15, 0.2) is 5.69 Å². The fourth-order valence-electron chi connectivity index (χ4n) is 4.46. The van der Waals surface area contributed by atoms with Crippen molar-refractivity contribution in [3.63, 3.8) is 0 Å². The first-order valence-corrected chi connectivity index (χ1v) is 10.3. The second-order valence-electron chi connectivity index (χ2n) is 7.79. The van der Waals surface area contributed by atoms with Crippen LogP contribution in [0.1, 0.15) is 23.3 Å². The van der Waals surface area contributed by atoms with Gasteiger partial charge in [-0.25, -0.2) is 0 Å². The van der Waals surface area contributed by atoms with Gasteiger partial charge in [0.25, 0.3) is 5.91 Å². The van der Waals surface area contributed by atoms with Crippen LogP contribution in [0.15, 0.2) is 24.3 Å². The van der Waals surface area contributed by atoms with E-state index in [4.69, 9.17) is 4.74 Å². The van der Waals surface area contributed by atoms with Crippen LogP contribution in [0.2, 0.25) is 0 Å². The lowest BCUT2D eigenvalue weighted by Gasteiger charge is -2.26. The van der Waals surface area contributed by atoms with E-state index in [2.05, 4.69) is 10.00 Å². The van der Waals surface area contributed by atoms with Crippen LogP contribution in [0.25, 0.3) is 10.9 Å². The highest BCUT2D eigenvalue weighted by Gasteiger charge is 2.36. The van der Waals surface area contributed by atoms with Crippen molar-refractivity contribution in [2.24, 2.45) is 7.05 Å². The topological polar surface area (TPSA) is 70.9 Å². The molecule has 4 rings (SSSR count). The van der Waals surface area contributed by atoms with Crippen LogP contribution in [0, 0.1) is 0 Å². The smallest absolute Gasteiger partial charge is 0.275 e. The number of benzene rings is 1. The Labute approximate surface area is 171 Å². The van der Waals surface area contributed by atoms with Gasteiger partial charge in [-0.05, 0) is 18.9 Å². The zero-order chi connectivity index (χ0) is 20.4. The molecular formula is C21H29N5O3. The monoisotopic (exact) mass is 399 g/mol. The number of carbonyl (C=O) groups is 2. The molecule has 2 saturated heterocycles. The minimum absolute atomic E-state index is 0.0249. The van der Waals surface area contributed by atoms with Gasteiger partial charge in [0, 0.05) is 58.8 Å². The zero-order valence-electron chi connectivity index (χ0n) is 17.2. The summed E-state index contributed by atoms with van der Waals surface area (Å²) in [5.74, 6) is 0.167. The molecule has 156 valence electrons. The van der Waals surface area contributed by atoms with E-state index in [-0.39, 0.29) is 17.9 Å². The molecule has 2 aromatic rings. The summed E-state index contributed by atoms with van der Waals surface area (Å²) >= 11 is 0. The van der Waals surface area contributed by atoms with Crippen LogP contribution in [0.3, 0.4) is 0 Å². The number of para-hydroxylation sites is 1. The number of carbonyl (C=O) groups excluding carboxylic acids is 2. The average molecular weight is 399 g/mol. The fraction of sp³-hybridized carbons (Fsp3) is 0.571. The van der Waals surface area contributed by atoms with Crippen LogP contribution in [-0.2, 0) is 16.6 Å². The fourth-order valence-corrected chi connectivity index (χ4v) is 4.46. The third kappa shape index (κ3) is 3.86. The van der Waals surface area contributed by atoms with Gasteiger partial charge in [-0.2, -0.15) is 5.10 Å². The van der Waals surface area contributed by atoms with Gasteiger partial charge in [-0.1, -0.05) is 18.2 Å². The molecule has 0 saturated carbocycles. The number of aromatic nitrogens is 2. The standard InChI is InChI=1S/C21H29N5O3/c1-23-17-7-4-3-6-16(17)19(22-23)21(28)25-10-5-9-24(12-13-25)18-8-11-26(20(18)27)14-15-29-2/h3-4,6-7,18H,5,8-15H2,1-2H3/t18-/m1/s1. The van der Waals surface area contributed by atoms with Crippen molar-refractivity contribution in [1.82, 2.24) is 24.5 Å². The molecule has 0 radical (unpaired) electrons. The highest BCUT2D eigenvalue weighted by atomic mass is 16.5. The SMILES string of the molecule is COCCN1CC[C@@H](N2CCCN(C(=O)c3nn(C)c4ccccc34)CC2)C1=O. The second kappa shape index (κ2) is 8.51. The third-order valence-corrected chi connectivity index (χ3v) is 6.05. The van der Waals surface area contributed by atoms with Crippen molar-refractivity contribution in [1.29, 1.82) is 0 Å². The van der Waals surface area contributed by atoms with E-state index in [0.717, 1.165) is 36.8 Å². The molecule has 8 nitrogen and oxygen atoms in total. The number of methoxy groups -OCH3 is 1. The number of hydrogen-bond donors (Lipinski definition) is 0. The molecule has 2 aliphatic rings. The van der Waals surface area contributed by atoms with Gasteiger partial charge in [0.05, 0.1) is 18.2 Å². The predicted molar refractivity (Wildman–Crippen MR) is 110 cm³/mol. The molecule has 8 heteroatoms. The molecule has 0 spiro atoms. The molecule has 1 atom stereocenters. The van der Waals surface area contributed by atoms with Gasteiger partial charge < -0.3 is 14.5 Å². The molecule has 2 amide bonds. The summed E-state index contributed by atoms with van der Waals surface area (Å²) in [4.78, 5) is 32.0. The molecule has 29 heavy (non-hydrogen) atoms. The molecular weight excluding hydrogens is 370 g/mol. The van der Waals surface area contributed by atoms with Gasteiger partial charge in [0.2, 0.25) is 5.91 Å². The Balaban J connectivity index is 1.42. The number of nitrogens with zero attached hydrogens (tertiary/aromatic N) is 5. The Hall–Kier alpha value is -2.45. The number of aryl methyl sites for hydroxylation is 1. The third-order valence-electron chi connectivity index (χ3n) is 6.05. The van der Waals surface area contributed by atoms with Crippen molar-refractivity contribution in [2.75, 3.05) is 53.0 Å². The lowest BCUT2D eigenvalue weighted by Crippen LogP contribution is -2.44. The maximum absolute atomic E-state index is 13.2. The van der Waals surface area contributed by atoms with Gasteiger partial charge in [-0.3, -0.25) is 19.2 Å². The van der Waals surface area contributed by atoms with E-state index in [1.807, 2.05) is 41.1 Å². The molecule has 0 unspecified atom stereocenters. The van der Waals surface area contributed by atoms with Crippen molar-refractivity contribution in [2.45, 2.75) is 18.9 Å². The van der Waals surface area contributed by atoms with Crippen LogP contribution in [0.5, 0.6) is 0 Å². The Morgan fingerprint density at radius 3 is 2.83 bits per heavy atom. The first-order valence-electron chi connectivity index (χ1n) is 10.3. The zero-order valence-corrected chi connectivity index (χ0v) is 17.2. The van der Waals surface area contributed by atoms with Crippen LogP contribution in [0.4, 0.5) is 0 Å². The van der Waals surface area contributed by atoms with Crippen molar-refractivity contribution < 1.29 is 14.3 Å². The Morgan fingerprint density at radius 1 is 1.17 bits per heavy atom. The van der Waals surface area contributed by atoms with Gasteiger partial charge in [-0.15, -0.1) is 0 Å². The van der Waals surface area contributed by atoms with Gasteiger partial charge in [0.1, 0.15) is 0 Å². The maximum atomic E-state index is 13.2. The lowest BCUT2D eigenvalue weighted by molar-refractivity contribution is -0.132. The number of likely N-dealkylation sites (tertiary alicyclic amines) is 1. The van der Waals surface area contributed by atoms with E-state index in [9.17, 15) is 9.59 Å². The highest BCUT2D eigenvalue weighted by Crippen LogP contribution is 2.22. The van der Waals surface area contributed by atoms with E-state index >= 15 is 0 Å². The summed E-state index contributed by atoms with van der Waals surface area (Å²) < 4.78 is 6.87. The molecule has 3 heterocycles. The highest BCUT2D eigenvalue weighted by molar-refractivity contribution is 6.04. The number of amides is 2. The van der Waals surface area contributed by atoms with Crippen LogP contribution < -0.4 is 0 Å². The summed E-state index contributed by atoms with van der Waals surface area (Å²) in [6.45, 7) is 4.86.